The molecule has 2 rings (SSSR count). The second kappa shape index (κ2) is 3.72. The van der Waals surface area contributed by atoms with Crippen molar-refractivity contribution >= 4 is 11.4 Å². The number of benzene rings is 1. The van der Waals surface area contributed by atoms with Crippen LogP contribution in [0.1, 0.15) is 19.8 Å². The summed E-state index contributed by atoms with van der Waals surface area (Å²) in [7, 11) is 2.00. The number of hydrogen-bond acceptors (Lipinski definition) is 2. The molecule has 1 unspecified atom stereocenters. The summed E-state index contributed by atoms with van der Waals surface area (Å²) in [5.74, 6) is 0.499. The van der Waals surface area contributed by atoms with Crippen LogP contribution in [0, 0.1) is 11.7 Å². The Labute approximate surface area is 89.9 Å². The molecular formula is C12H17FN2. The van der Waals surface area contributed by atoms with Crippen molar-refractivity contribution in [3.8, 4) is 0 Å². The van der Waals surface area contributed by atoms with Gasteiger partial charge in [0, 0.05) is 24.5 Å². The maximum absolute atomic E-state index is 13.2. The molecule has 0 saturated heterocycles. The molecule has 1 aromatic rings. The molecule has 0 bridgehead atoms. The topological polar surface area (TPSA) is 29.3 Å². The fourth-order valence-corrected chi connectivity index (χ4v) is 1.93. The third-order valence-corrected chi connectivity index (χ3v) is 3.23. The van der Waals surface area contributed by atoms with Gasteiger partial charge in [0.25, 0.3) is 0 Å². The average Bonchev–Trinajstić information content (AvgIpc) is 2.97. The van der Waals surface area contributed by atoms with Gasteiger partial charge in [0.15, 0.2) is 0 Å². The molecule has 1 aliphatic carbocycles. The zero-order chi connectivity index (χ0) is 11.0. The molecular weight excluding hydrogens is 191 g/mol. The number of anilines is 2. The first-order valence-corrected chi connectivity index (χ1v) is 5.37. The van der Waals surface area contributed by atoms with Gasteiger partial charge in [-0.05, 0) is 43.9 Å². The molecule has 1 atom stereocenters. The minimum atomic E-state index is -0.264. The van der Waals surface area contributed by atoms with Gasteiger partial charge in [0.1, 0.15) is 5.82 Å². The zero-order valence-corrected chi connectivity index (χ0v) is 9.20. The molecule has 0 aliphatic heterocycles. The Morgan fingerprint density at radius 1 is 1.40 bits per heavy atom. The summed E-state index contributed by atoms with van der Waals surface area (Å²) in [4.78, 5) is 2.11. The molecule has 15 heavy (non-hydrogen) atoms. The number of nitrogens with zero attached hydrogens (tertiary/aromatic N) is 1. The summed E-state index contributed by atoms with van der Waals surface area (Å²) >= 11 is 0. The smallest absolute Gasteiger partial charge is 0.127 e. The normalized spacial score (nSPS) is 17.5. The van der Waals surface area contributed by atoms with Crippen molar-refractivity contribution < 1.29 is 4.39 Å². The van der Waals surface area contributed by atoms with Crippen LogP contribution in [0.4, 0.5) is 15.8 Å². The van der Waals surface area contributed by atoms with Crippen LogP contribution in [0.15, 0.2) is 18.2 Å². The Hall–Kier alpha value is -1.25. The molecule has 1 aliphatic rings. The second-order valence-electron chi connectivity index (χ2n) is 4.43. The Bertz CT molecular complexity index is 340. The summed E-state index contributed by atoms with van der Waals surface area (Å²) in [5.41, 5.74) is 6.98. The van der Waals surface area contributed by atoms with Crippen molar-refractivity contribution in [1.82, 2.24) is 0 Å². The van der Waals surface area contributed by atoms with Crippen molar-refractivity contribution in [1.29, 1.82) is 0 Å². The van der Waals surface area contributed by atoms with E-state index in [0.717, 1.165) is 11.6 Å². The predicted molar refractivity (Wildman–Crippen MR) is 61.4 cm³/mol. The van der Waals surface area contributed by atoms with E-state index in [4.69, 9.17) is 5.73 Å². The molecule has 2 nitrogen and oxygen atoms in total. The van der Waals surface area contributed by atoms with Crippen LogP contribution in [-0.2, 0) is 0 Å². The van der Waals surface area contributed by atoms with Gasteiger partial charge < -0.3 is 10.6 Å². The van der Waals surface area contributed by atoms with Crippen LogP contribution in [0.5, 0.6) is 0 Å². The molecule has 3 heteroatoms. The first kappa shape index (κ1) is 10.3. The highest BCUT2D eigenvalue weighted by Gasteiger charge is 2.30. The van der Waals surface area contributed by atoms with Crippen LogP contribution in [0.2, 0.25) is 0 Å². The largest absolute Gasteiger partial charge is 0.399 e. The molecule has 0 spiro atoms. The average molecular weight is 208 g/mol. The fourth-order valence-electron chi connectivity index (χ4n) is 1.93. The van der Waals surface area contributed by atoms with Crippen LogP contribution >= 0.6 is 0 Å². The fraction of sp³-hybridized carbons (Fsp3) is 0.500. The lowest BCUT2D eigenvalue weighted by atomic mass is 10.1. The highest BCUT2D eigenvalue weighted by molar-refractivity contribution is 5.56. The Kier molecular flexibility index (Phi) is 2.55. The van der Waals surface area contributed by atoms with E-state index in [1.807, 2.05) is 13.1 Å². The maximum atomic E-state index is 13.2. The predicted octanol–water partition coefficient (Wildman–Crippen LogP) is 2.64. The molecule has 82 valence electrons. The van der Waals surface area contributed by atoms with Crippen molar-refractivity contribution in [2.24, 2.45) is 5.92 Å². The van der Waals surface area contributed by atoms with Gasteiger partial charge in [-0.1, -0.05) is 0 Å². The molecule has 0 heterocycles. The highest BCUT2D eigenvalue weighted by atomic mass is 19.1. The summed E-state index contributed by atoms with van der Waals surface area (Å²) in [6.07, 6.45) is 2.58. The van der Waals surface area contributed by atoms with E-state index >= 15 is 0 Å². The van der Waals surface area contributed by atoms with Gasteiger partial charge in [-0.15, -0.1) is 0 Å². The number of halogens is 1. The van der Waals surface area contributed by atoms with Gasteiger partial charge in [-0.3, -0.25) is 0 Å². The number of nitrogens with two attached hydrogens (primary N) is 1. The lowest BCUT2D eigenvalue weighted by Crippen LogP contribution is -2.30. The molecule has 1 aromatic carbocycles. The van der Waals surface area contributed by atoms with Crippen LogP contribution in [0.3, 0.4) is 0 Å². The number of hydrogen-bond donors (Lipinski definition) is 1. The number of rotatable bonds is 3. The second-order valence-corrected chi connectivity index (χ2v) is 4.43. The van der Waals surface area contributed by atoms with E-state index in [1.54, 1.807) is 0 Å². The SMILES string of the molecule is CC(C1CC1)N(C)c1cc(N)cc(F)c1. The lowest BCUT2D eigenvalue weighted by Gasteiger charge is -2.27. The van der Waals surface area contributed by atoms with E-state index in [1.165, 1.54) is 25.0 Å². The van der Waals surface area contributed by atoms with Gasteiger partial charge in [0.2, 0.25) is 0 Å². The summed E-state index contributed by atoms with van der Waals surface area (Å²) < 4.78 is 13.2. The summed E-state index contributed by atoms with van der Waals surface area (Å²) in [5, 5.41) is 0. The van der Waals surface area contributed by atoms with Gasteiger partial charge in [-0.25, -0.2) is 4.39 Å². The Morgan fingerprint density at radius 2 is 2.07 bits per heavy atom. The molecule has 0 aromatic heterocycles. The maximum Gasteiger partial charge on any atom is 0.127 e. The van der Waals surface area contributed by atoms with E-state index in [-0.39, 0.29) is 5.82 Å². The van der Waals surface area contributed by atoms with Crippen molar-refractivity contribution in [3.63, 3.8) is 0 Å². The van der Waals surface area contributed by atoms with Gasteiger partial charge >= 0.3 is 0 Å². The van der Waals surface area contributed by atoms with Crippen molar-refractivity contribution in [2.45, 2.75) is 25.8 Å². The van der Waals surface area contributed by atoms with E-state index in [9.17, 15) is 4.39 Å². The number of nitrogen functional groups attached to an aromatic ring is 1. The van der Waals surface area contributed by atoms with Crippen LogP contribution < -0.4 is 10.6 Å². The molecule has 0 radical (unpaired) electrons. The first-order valence-electron chi connectivity index (χ1n) is 5.37. The minimum absolute atomic E-state index is 0.264. The molecule has 2 N–H and O–H groups in total. The van der Waals surface area contributed by atoms with Crippen LogP contribution in [0.25, 0.3) is 0 Å². The zero-order valence-electron chi connectivity index (χ0n) is 9.20. The Balaban J connectivity index is 2.19. The monoisotopic (exact) mass is 208 g/mol. The van der Waals surface area contributed by atoms with Gasteiger partial charge in [-0.2, -0.15) is 0 Å². The quantitative estimate of drug-likeness (QED) is 0.774. The molecule has 0 amide bonds. The third kappa shape index (κ3) is 2.22. The Morgan fingerprint density at radius 3 is 2.60 bits per heavy atom. The van der Waals surface area contributed by atoms with Crippen LogP contribution in [-0.4, -0.2) is 13.1 Å². The lowest BCUT2D eigenvalue weighted by molar-refractivity contribution is 0.601. The highest BCUT2D eigenvalue weighted by Crippen LogP contribution is 2.36. The summed E-state index contributed by atoms with van der Waals surface area (Å²) in [6, 6.07) is 5.17. The van der Waals surface area contributed by atoms with Crippen molar-refractivity contribution in [2.75, 3.05) is 17.7 Å². The van der Waals surface area contributed by atoms with E-state index < -0.39 is 0 Å². The van der Waals surface area contributed by atoms with Gasteiger partial charge in [0.05, 0.1) is 0 Å². The minimum Gasteiger partial charge on any atom is -0.399 e. The van der Waals surface area contributed by atoms with Crippen molar-refractivity contribution in [3.05, 3.63) is 24.0 Å². The van der Waals surface area contributed by atoms with E-state index in [0.29, 0.717) is 11.7 Å². The first-order chi connectivity index (χ1) is 7.08. The summed E-state index contributed by atoms with van der Waals surface area (Å²) in [6.45, 7) is 2.18. The third-order valence-electron chi connectivity index (χ3n) is 3.23. The molecule has 1 fully saturated rings. The standard InChI is InChI=1S/C12H17FN2/c1-8(9-3-4-9)15(2)12-6-10(13)5-11(14)7-12/h5-9H,3-4,14H2,1-2H3. The van der Waals surface area contributed by atoms with E-state index in [2.05, 4.69) is 11.8 Å². The molecule has 1 saturated carbocycles.